The van der Waals surface area contributed by atoms with Gasteiger partial charge >= 0.3 is 5.97 Å². The molecule has 1 aliphatic heterocycles. The van der Waals surface area contributed by atoms with Gasteiger partial charge in [0.2, 0.25) is 0 Å². The summed E-state index contributed by atoms with van der Waals surface area (Å²) in [4.78, 5) is 55.5. The second kappa shape index (κ2) is 11.1. The lowest BCUT2D eigenvalue weighted by atomic mass is 10.1. The van der Waals surface area contributed by atoms with Crippen LogP contribution in [0.2, 0.25) is 0 Å². The minimum Gasteiger partial charge on any atom is -0.462 e. The summed E-state index contributed by atoms with van der Waals surface area (Å²) in [6, 6.07) is 34.7. The number of imide groups is 1. The summed E-state index contributed by atoms with van der Waals surface area (Å²) in [6.07, 6.45) is 0. The Kier molecular flexibility index (Phi) is 7.40. The van der Waals surface area contributed by atoms with Gasteiger partial charge in [0.1, 0.15) is 5.29 Å². The first-order chi connectivity index (χ1) is 19.0. The predicted molar refractivity (Wildman–Crippen MR) is 154 cm³/mol. The molecule has 0 fully saturated rings. The smallest absolute Gasteiger partial charge is 0.342 e. The lowest BCUT2D eigenvalue weighted by Gasteiger charge is -2.31. The van der Waals surface area contributed by atoms with Crippen LogP contribution < -0.4 is 15.9 Å². The molecule has 1 aliphatic rings. The van der Waals surface area contributed by atoms with Crippen LogP contribution in [0.1, 0.15) is 27.6 Å². The third-order valence-corrected chi connectivity index (χ3v) is 11.0. The fourth-order valence-electron chi connectivity index (χ4n) is 5.03. The van der Waals surface area contributed by atoms with Crippen molar-refractivity contribution in [1.82, 2.24) is 4.90 Å². The van der Waals surface area contributed by atoms with Crippen molar-refractivity contribution < 1.29 is 23.9 Å². The first-order valence-electron chi connectivity index (χ1n) is 12.6. The van der Waals surface area contributed by atoms with Crippen LogP contribution >= 0.6 is 6.89 Å². The second-order valence-electron chi connectivity index (χ2n) is 8.91. The second-order valence-corrected chi connectivity index (χ2v) is 12.2. The van der Waals surface area contributed by atoms with Crippen LogP contribution in [0.25, 0.3) is 0 Å². The Balaban J connectivity index is 1.82. The van der Waals surface area contributed by atoms with Gasteiger partial charge < -0.3 is 4.74 Å². The predicted octanol–water partition coefficient (Wildman–Crippen LogP) is 3.58. The normalized spacial score (nSPS) is 12.7. The lowest BCUT2D eigenvalue weighted by molar-refractivity contribution is -0.135. The minimum atomic E-state index is -3.13. The van der Waals surface area contributed by atoms with E-state index >= 15 is 0 Å². The van der Waals surface area contributed by atoms with Crippen LogP contribution in [0, 0.1) is 0 Å². The summed E-state index contributed by atoms with van der Waals surface area (Å²) in [7, 11) is 0. The zero-order valence-electron chi connectivity index (χ0n) is 21.3. The number of benzene rings is 4. The molecule has 0 saturated carbocycles. The van der Waals surface area contributed by atoms with Crippen LogP contribution in [0.4, 0.5) is 0 Å². The Labute approximate surface area is 226 Å². The molecular formula is C32H26NO5P. The van der Waals surface area contributed by atoms with E-state index in [9.17, 15) is 19.2 Å². The average Bonchev–Trinajstić information content (AvgIpc) is 3.22. The van der Waals surface area contributed by atoms with E-state index in [1.54, 1.807) is 31.2 Å². The number of rotatable bonds is 8. The van der Waals surface area contributed by atoms with Crippen molar-refractivity contribution in [2.45, 2.75) is 6.92 Å². The number of hydrogen-bond donors (Lipinski definition) is 0. The SMILES string of the molecule is CCOC(=O)C([13C](=O)CN1C(=O)c2ccccc2C1=O)=P(c1ccccc1)(c1ccccc1)c1ccccc1. The molecular weight excluding hydrogens is 510 g/mol. The Hall–Kier alpha value is -4.54. The van der Waals surface area contributed by atoms with Gasteiger partial charge in [0.15, 0.2) is 5.78 Å². The van der Waals surface area contributed by atoms with E-state index in [1.165, 1.54) is 0 Å². The van der Waals surface area contributed by atoms with Gasteiger partial charge in [0.25, 0.3) is 11.8 Å². The maximum atomic E-state index is 14.4. The first kappa shape index (κ1) is 26.1. The Morgan fingerprint density at radius 2 is 1.03 bits per heavy atom. The average molecular weight is 537 g/mol. The quantitative estimate of drug-likeness (QED) is 0.113. The number of carbonyl (C=O) groups excluding carboxylic acids is 4. The number of fused-ring (bicyclic) bond motifs is 1. The molecule has 39 heavy (non-hydrogen) atoms. The van der Waals surface area contributed by atoms with E-state index < -0.39 is 37.0 Å². The number of Topliss-reactive ketones (excluding diaryl/α,β-unsaturated/α-hetero) is 1. The molecule has 6 nitrogen and oxygen atoms in total. The van der Waals surface area contributed by atoms with Gasteiger partial charge in [-0.1, -0.05) is 103 Å². The molecule has 0 aromatic heterocycles. The fourth-order valence-corrected chi connectivity index (χ4v) is 9.34. The summed E-state index contributed by atoms with van der Waals surface area (Å²) < 4.78 is 5.52. The van der Waals surface area contributed by atoms with E-state index in [0.29, 0.717) is 0 Å². The maximum absolute atomic E-state index is 14.4. The van der Waals surface area contributed by atoms with E-state index in [-0.39, 0.29) is 23.0 Å². The summed E-state index contributed by atoms with van der Waals surface area (Å²) in [6.45, 7) is -1.97. The third-order valence-electron chi connectivity index (χ3n) is 6.68. The zero-order chi connectivity index (χ0) is 27.4. The number of ketones is 1. The number of nitrogens with zero attached hydrogens (tertiary/aromatic N) is 1. The lowest BCUT2D eigenvalue weighted by Crippen LogP contribution is -2.44. The highest BCUT2D eigenvalue weighted by molar-refractivity contribution is 7.97. The molecule has 5 rings (SSSR count). The van der Waals surface area contributed by atoms with Crippen LogP contribution in [0.5, 0.6) is 0 Å². The topological polar surface area (TPSA) is 80.8 Å². The van der Waals surface area contributed by atoms with Crippen molar-refractivity contribution >= 4 is 51.7 Å². The molecule has 0 spiro atoms. The minimum absolute atomic E-state index is 0.0565. The summed E-state index contributed by atoms with van der Waals surface area (Å²) in [5.74, 6) is -2.51. The number of hydrogen-bond acceptors (Lipinski definition) is 5. The maximum Gasteiger partial charge on any atom is 0.342 e. The molecule has 0 aliphatic carbocycles. The highest BCUT2D eigenvalue weighted by Crippen LogP contribution is 2.46. The third kappa shape index (κ3) is 4.53. The van der Waals surface area contributed by atoms with Crippen molar-refractivity contribution in [2.75, 3.05) is 13.2 Å². The molecule has 0 atom stereocenters. The van der Waals surface area contributed by atoms with Gasteiger partial charge in [0, 0.05) is 0 Å². The molecule has 1 heterocycles. The molecule has 0 N–H and O–H groups in total. The largest absolute Gasteiger partial charge is 0.462 e. The monoisotopic (exact) mass is 536 g/mol. The standard InChI is InChI=1S/C32H26NO5P/c1-2-38-32(37)29(28(34)22-33-30(35)26-20-12-13-21-27(26)31(33)36)39(23-14-6-3-7-15-23,24-16-8-4-9-17-24)25-18-10-5-11-19-25/h3-21H,2,22H2,1H3/i28+1. The van der Waals surface area contributed by atoms with Crippen LogP contribution in [-0.2, 0) is 14.3 Å². The molecule has 0 radical (unpaired) electrons. The molecule has 0 saturated heterocycles. The fraction of sp³-hybridized carbons (Fsp3) is 0.0938. The molecule has 7 heteroatoms. The Morgan fingerprint density at radius 1 is 0.641 bits per heavy atom. The molecule has 0 bridgehead atoms. The highest BCUT2D eigenvalue weighted by Gasteiger charge is 2.41. The highest BCUT2D eigenvalue weighted by atomic mass is 31.2. The van der Waals surface area contributed by atoms with E-state index in [1.807, 2.05) is 91.0 Å². The number of ether oxygens (including phenoxy) is 1. The van der Waals surface area contributed by atoms with Crippen molar-refractivity contribution in [3.8, 4) is 0 Å². The van der Waals surface area contributed by atoms with Gasteiger partial charge in [-0.3, -0.25) is 19.3 Å². The number of esters is 1. The van der Waals surface area contributed by atoms with Crippen LogP contribution in [0.3, 0.4) is 0 Å². The zero-order valence-corrected chi connectivity index (χ0v) is 22.2. The van der Waals surface area contributed by atoms with Crippen molar-refractivity contribution in [1.29, 1.82) is 0 Å². The van der Waals surface area contributed by atoms with Gasteiger partial charge in [-0.15, -0.1) is 0 Å². The van der Waals surface area contributed by atoms with E-state index in [2.05, 4.69) is 0 Å². The first-order valence-corrected chi connectivity index (χ1v) is 14.4. The summed E-state index contributed by atoms with van der Waals surface area (Å²) in [5, 5.41) is 2.27. The Morgan fingerprint density at radius 3 is 1.41 bits per heavy atom. The Bertz CT molecular complexity index is 1480. The summed E-state index contributed by atoms with van der Waals surface area (Å²) >= 11 is 0. The summed E-state index contributed by atoms with van der Waals surface area (Å²) in [5.41, 5.74) is 0.478. The van der Waals surface area contributed by atoms with Gasteiger partial charge in [-0.2, -0.15) is 0 Å². The molecule has 194 valence electrons. The number of carbonyl (C=O) groups is 4. The van der Waals surface area contributed by atoms with Gasteiger partial charge in [-0.05, 0) is 41.9 Å². The van der Waals surface area contributed by atoms with Gasteiger partial charge in [-0.25, -0.2) is 4.79 Å². The van der Waals surface area contributed by atoms with Crippen LogP contribution in [0.15, 0.2) is 115 Å². The van der Waals surface area contributed by atoms with Crippen molar-refractivity contribution in [3.05, 3.63) is 126 Å². The van der Waals surface area contributed by atoms with Crippen molar-refractivity contribution in [3.63, 3.8) is 0 Å². The van der Waals surface area contributed by atoms with E-state index in [0.717, 1.165) is 20.8 Å². The van der Waals surface area contributed by atoms with Crippen LogP contribution in [-0.4, -0.2) is 46.9 Å². The molecule has 2 amide bonds. The molecule has 4 aromatic rings. The van der Waals surface area contributed by atoms with Gasteiger partial charge in [0.05, 0.1) is 24.3 Å². The molecule has 4 aromatic carbocycles. The number of amides is 2. The van der Waals surface area contributed by atoms with E-state index in [4.69, 9.17) is 4.74 Å². The molecule has 0 unspecified atom stereocenters. The van der Waals surface area contributed by atoms with Crippen molar-refractivity contribution in [2.24, 2.45) is 0 Å².